The van der Waals surface area contributed by atoms with E-state index in [9.17, 15) is 13.6 Å². The van der Waals surface area contributed by atoms with Crippen LogP contribution in [0, 0.1) is 11.6 Å². The molecule has 0 unspecified atom stereocenters. The molecule has 3 aromatic rings. The van der Waals surface area contributed by atoms with Gasteiger partial charge in [0.2, 0.25) is 5.91 Å². The summed E-state index contributed by atoms with van der Waals surface area (Å²) in [4.78, 5) is 20.8. The van der Waals surface area contributed by atoms with Crippen molar-refractivity contribution in [2.75, 3.05) is 31.1 Å². The topological polar surface area (TPSA) is 49.6 Å². The van der Waals surface area contributed by atoms with Gasteiger partial charge in [-0.25, -0.2) is 8.78 Å². The van der Waals surface area contributed by atoms with Crippen LogP contribution in [-0.4, -0.2) is 42.0 Å². The lowest BCUT2D eigenvalue weighted by molar-refractivity contribution is -0.130. The van der Waals surface area contributed by atoms with Crippen molar-refractivity contribution in [3.8, 4) is 0 Å². The summed E-state index contributed by atoms with van der Waals surface area (Å²) in [6.07, 6.45) is 2.30. The number of halogens is 2. The van der Waals surface area contributed by atoms with Crippen LogP contribution >= 0.6 is 0 Å². The van der Waals surface area contributed by atoms with Crippen LogP contribution in [-0.2, 0) is 11.2 Å². The fourth-order valence-corrected chi connectivity index (χ4v) is 3.86. The lowest BCUT2D eigenvalue weighted by Gasteiger charge is -2.33. The number of piperazine rings is 1. The zero-order valence-corrected chi connectivity index (χ0v) is 15.9. The molecule has 1 aliphatic heterocycles. The Hall–Kier alpha value is -2.96. The van der Waals surface area contributed by atoms with E-state index < -0.39 is 0 Å². The van der Waals surface area contributed by atoms with Gasteiger partial charge in [-0.2, -0.15) is 4.98 Å². The average Bonchev–Trinajstić information content (AvgIpc) is 3.46. The van der Waals surface area contributed by atoms with Crippen LogP contribution in [0.4, 0.5) is 14.8 Å². The molecule has 150 valence electrons. The van der Waals surface area contributed by atoms with Crippen molar-refractivity contribution < 1.29 is 18.0 Å². The predicted octanol–water partition coefficient (Wildman–Crippen LogP) is 3.87. The normalized spacial score (nSPS) is 17.2. The van der Waals surface area contributed by atoms with Crippen LogP contribution in [0.3, 0.4) is 0 Å². The van der Waals surface area contributed by atoms with E-state index in [0.29, 0.717) is 54.8 Å². The van der Waals surface area contributed by atoms with E-state index >= 15 is 0 Å². The average molecular weight is 397 g/mol. The molecular formula is C22H21F2N3O2. The standard InChI is InChI=1S/C22H21F2N3O2/c23-16-4-6-19-20(13-16)29-22(25-19)27-9-7-26(8-10-27)21(28)12-14-1-5-17(15-2-3-15)18(24)11-14/h1,4-6,11,13,15H,2-3,7-10,12H2. The summed E-state index contributed by atoms with van der Waals surface area (Å²) in [5, 5.41) is 0. The first-order valence-corrected chi connectivity index (χ1v) is 9.94. The molecule has 1 saturated heterocycles. The van der Waals surface area contributed by atoms with Crippen LogP contribution in [0.25, 0.3) is 11.1 Å². The van der Waals surface area contributed by atoms with Gasteiger partial charge in [-0.1, -0.05) is 12.1 Å². The zero-order valence-electron chi connectivity index (χ0n) is 15.9. The highest BCUT2D eigenvalue weighted by Crippen LogP contribution is 2.41. The Bertz CT molecular complexity index is 1070. The number of hydrogen-bond acceptors (Lipinski definition) is 4. The highest BCUT2D eigenvalue weighted by atomic mass is 19.1. The zero-order chi connectivity index (χ0) is 20.0. The molecule has 1 amide bonds. The van der Waals surface area contributed by atoms with E-state index in [2.05, 4.69) is 4.98 Å². The number of carbonyl (C=O) groups is 1. The Morgan fingerprint density at radius 3 is 2.59 bits per heavy atom. The highest BCUT2D eigenvalue weighted by Gasteiger charge is 2.27. The maximum absolute atomic E-state index is 14.2. The molecule has 0 N–H and O–H groups in total. The molecule has 0 atom stereocenters. The largest absolute Gasteiger partial charge is 0.423 e. The molecule has 7 heteroatoms. The third kappa shape index (κ3) is 3.69. The quantitative estimate of drug-likeness (QED) is 0.671. The van der Waals surface area contributed by atoms with Crippen LogP contribution in [0.1, 0.15) is 29.9 Å². The monoisotopic (exact) mass is 397 g/mol. The van der Waals surface area contributed by atoms with Gasteiger partial charge in [0.15, 0.2) is 5.58 Å². The SMILES string of the molecule is O=C(Cc1ccc(C2CC2)c(F)c1)N1CCN(c2nc3ccc(F)cc3o2)CC1. The molecule has 5 rings (SSSR count). The fourth-order valence-electron chi connectivity index (χ4n) is 3.86. The van der Waals surface area contributed by atoms with Gasteiger partial charge in [0.1, 0.15) is 17.2 Å². The first-order chi connectivity index (χ1) is 14.1. The molecule has 1 aromatic heterocycles. The second kappa shape index (κ2) is 7.13. The Balaban J connectivity index is 1.20. The van der Waals surface area contributed by atoms with Crippen molar-refractivity contribution in [2.24, 2.45) is 0 Å². The summed E-state index contributed by atoms with van der Waals surface area (Å²) in [6, 6.07) is 9.89. The van der Waals surface area contributed by atoms with Crippen molar-refractivity contribution >= 4 is 23.0 Å². The minimum Gasteiger partial charge on any atom is -0.423 e. The van der Waals surface area contributed by atoms with E-state index in [4.69, 9.17) is 4.42 Å². The maximum atomic E-state index is 14.2. The van der Waals surface area contributed by atoms with Gasteiger partial charge in [0.05, 0.1) is 6.42 Å². The van der Waals surface area contributed by atoms with Crippen LogP contribution in [0.15, 0.2) is 40.8 Å². The Morgan fingerprint density at radius 1 is 1.07 bits per heavy atom. The van der Waals surface area contributed by atoms with Crippen molar-refractivity contribution in [1.82, 2.24) is 9.88 Å². The van der Waals surface area contributed by atoms with E-state index in [1.807, 2.05) is 17.0 Å². The number of carbonyl (C=O) groups excluding carboxylic acids is 1. The minimum absolute atomic E-state index is 0.0112. The molecule has 0 spiro atoms. The molecule has 1 saturated carbocycles. The van der Waals surface area contributed by atoms with Crippen LogP contribution in [0.5, 0.6) is 0 Å². The minimum atomic E-state index is -0.364. The Morgan fingerprint density at radius 2 is 1.86 bits per heavy atom. The van der Waals surface area contributed by atoms with Crippen molar-refractivity contribution in [3.63, 3.8) is 0 Å². The second-order valence-electron chi connectivity index (χ2n) is 7.78. The lowest BCUT2D eigenvalue weighted by atomic mass is 10.0. The summed E-state index contributed by atoms with van der Waals surface area (Å²) >= 11 is 0. The van der Waals surface area contributed by atoms with Gasteiger partial charge >= 0.3 is 0 Å². The van der Waals surface area contributed by atoms with Crippen LogP contribution < -0.4 is 4.90 Å². The van der Waals surface area contributed by atoms with E-state index in [0.717, 1.165) is 18.4 Å². The fraction of sp³-hybridized carbons (Fsp3) is 0.364. The van der Waals surface area contributed by atoms with Gasteiger partial charge in [-0.3, -0.25) is 4.79 Å². The summed E-state index contributed by atoms with van der Waals surface area (Å²) in [5.74, 6) is -0.216. The first kappa shape index (κ1) is 18.1. The van der Waals surface area contributed by atoms with Crippen molar-refractivity contribution in [1.29, 1.82) is 0 Å². The molecule has 29 heavy (non-hydrogen) atoms. The number of oxazole rings is 1. The number of hydrogen-bond donors (Lipinski definition) is 0. The molecule has 2 aromatic carbocycles. The van der Waals surface area contributed by atoms with E-state index in [1.54, 1.807) is 11.0 Å². The molecular weight excluding hydrogens is 376 g/mol. The molecule has 0 bridgehead atoms. The number of amides is 1. The van der Waals surface area contributed by atoms with E-state index in [-0.39, 0.29) is 24.0 Å². The molecule has 2 aliphatic rings. The molecule has 2 fully saturated rings. The Kier molecular flexibility index (Phi) is 4.45. The van der Waals surface area contributed by atoms with Crippen LogP contribution in [0.2, 0.25) is 0 Å². The van der Waals surface area contributed by atoms with Gasteiger partial charge in [0.25, 0.3) is 6.01 Å². The number of benzene rings is 2. The molecule has 5 nitrogen and oxygen atoms in total. The van der Waals surface area contributed by atoms with Gasteiger partial charge < -0.3 is 14.2 Å². The summed E-state index contributed by atoms with van der Waals surface area (Å²) in [5.41, 5.74) is 2.50. The summed E-state index contributed by atoms with van der Waals surface area (Å²) in [7, 11) is 0. The number of anilines is 1. The molecule has 0 radical (unpaired) electrons. The number of fused-ring (bicyclic) bond motifs is 1. The van der Waals surface area contributed by atoms with Crippen molar-refractivity contribution in [2.45, 2.75) is 25.2 Å². The third-order valence-corrected chi connectivity index (χ3v) is 5.68. The summed E-state index contributed by atoms with van der Waals surface area (Å²) in [6.45, 7) is 2.23. The number of aromatic nitrogens is 1. The molecule has 1 aliphatic carbocycles. The van der Waals surface area contributed by atoms with Gasteiger partial charge in [-0.05, 0) is 48.1 Å². The molecule has 2 heterocycles. The lowest BCUT2D eigenvalue weighted by Crippen LogP contribution is -2.49. The van der Waals surface area contributed by atoms with Gasteiger partial charge in [0, 0.05) is 32.2 Å². The third-order valence-electron chi connectivity index (χ3n) is 5.68. The Labute approximate surface area is 166 Å². The van der Waals surface area contributed by atoms with E-state index in [1.165, 1.54) is 18.2 Å². The summed E-state index contributed by atoms with van der Waals surface area (Å²) < 4.78 is 33.2. The second-order valence-corrected chi connectivity index (χ2v) is 7.78. The van der Waals surface area contributed by atoms with Crippen molar-refractivity contribution in [3.05, 3.63) is 59.2 Å². The first-order valence-electron chi connectivity index (χ1n) is 9.94. The highest BCUT2D eigenvalue weighted by molar-refractivity contribution is 5.79. The number of nitrogens with zero attached hydrogens (tertiary/aromatic N) is 3. The van der Waals surface area contributed by atoms with Gasteiger partial charge in [-0.15, -0.1) is 0 Å². The smallest absolute Gasteiger partial charge is 0.298 e. The predicted molar refractivity (Wildman–Crippen MR) is 105 cm³/mol. The maximum Gasteiger partial charge on any atom is 0.298 e. The number of rotatable bonds is 4.